The molecule has 1 aliphatic rings. The maximum atomic E-state index is 13.1. The second-order valence-electron chi connectivity index (χ2n) is 8.86. The summed E-state index contributed by atoms with van der Waals surface area (Å²) in [6.07, 6.45) is 3.46. The fourth-order valence-electron chi connectivity index (χ4n) is 4.31. The Morgan fingerprint density at radius 3 is 2.44 bits per heavy atom. The molecule has 4 rings (SSSR count). The van der Waals surface area contributed by atoms with Crippen LogP contribution in [0, 0.1) is 12.8 Å². The van der Waals surface area contributed by atoms with Gasteiger partial charge in [0.25, 0.3) is 5.91 Å². The molecule has 0 saturated carbocycles. The molecule has 6 heteroatoms. The minimum atomic E-state index is -0.0602. The van der Waals surface area contributed by atoms with Crippen molar-refractivity contribution in [1.82, 2.24) is 4.90 Å². The SMILES string of the molecule is Cc1ccc(C(=O)C2CCN(C(=O)c3cccc(NC(=O)CCCc4cccs4)c3)CC2)cc1. The number of Topliss-reactive ketones (excluding diaryl/α,β-unsaturated/α-hetero) is 1. The number of ketones is 1. The third kappa shape index (κ3) is 6.20. The van der Waals surface area contributed by atoms with Crippen LogP contribution in [0.2, 0.25) is 0 Å². The third-order valence-corrected chi connectivity index (χ3v) is 7.23. The Morgan fingerprint density at radius 2 is 1.74 bits per heavy atom. The number of carbonyl (C=O) groups is 3. The van der Waals surface area contributed by atoms with Gasteiger partial charge in [-0.2, -0.15) is 0 Å². The second kappa shape index (κ2) is 11.3. The highest BCUT2D eigenvalue weighted by molar-refractivity contribution is 7.09. The molecule has 2 amide bonds. The predicted molar refractivity (Wildman–Crippen MR) is 136 cm³/mol. The molecule has 3 aromatic rings. The number of rotatable bonds is 8. The minimum Gasteiger partial charge on any atom is -0.339 e. The number of amides is 2. The van der Waals surface area contributed by atoms with Crippen LogP contribution >= 0.6 is 11.3 Å². The molecule has 1 N–H and O–H groups in total. The fraction of sp³-hybridized carbons (Fsp3) is 0.321. The topological polar surface area (TPSA) is 66.5 Å². The lowest BCUT2D eigenvalue weighted by Crippen LogP contribution is -2.40. The zero-order chi connectivity index (χ0) is 23.9. The van der Waals surface area contributed by atoms with E-state index in [0.717, 1.165) is 24.0 Å². The zero-order valence-corrected chi connectivity index (χ0v) is 20.3. The molecule has 0 radical (unpaired) electrons. The van der Waals surface area contributed by atoms with Gasteiger partial charge in [0, 0.05) is 47.1 Å². The predicted octanol–water partition coefficient (Wildman–Crippen LogP) is 5.75. The normalized spacial score (nSPS) is 14.1. The average molecular weight is 475 g/mol. The molecule has 2 aromatic carbocycles. The Kier molecular flexibility index (Phi) is 7.91. The first kappa shape index (κ1) is 23.9. The number of hydrogen-bond donors (Lipinski definition) is 1. The second-order valence-corrected chi connectivity index (χ2v) is 9.89. The van der Waals surface area contributed by atoms with E-state index in [4.69, 9.17) is 0 Å². The summed E-state index contributed by atoms with van der Waals surface area (Å²) < 4.78 is 0. The molecule has 0 spiro atoms. The number of hydrogen-bond acceptors (Lipinski definition) is 4. The van der Waals surface area contributed by atoms with Crippen LogP contribution in [0.15, 0.2) is 66.0 Å². The molecule has 1 aromatic heterocycles. The van der Waals surface area contributed by atoms with E-state index < -0.39 is 0 Å². The zero-order valence-electron chi connectivity index (χ0n) is 19.5. The van der Waals surface area contributed by atoms with E-state index in [-0.39, 0.29) is 23.5 Å². The number of anilines is 1. The minimum absolute atomic E-state index is 0.0448. The molecule has 0 aliphatic carbocycles. The maximum Gasteiger partial charge on any atom is 0.253 e. The third-order valence-electron chi connectivity index (χ3n) is 6.29. The summed E-state index contributed by atoms with van der Waals surface area (Å²) in [7, 11) is 0. The Bertz CT molecular complexity index is 1130. The van der Waals surface area contributed by atoms with E-state index >= 15 is 0 Å². The Labute approximate surface area is 204 Å². The molecular weight excluding hydrogens is 444 g/mol. The summed E-state index contributed by atoms with van der Waals surface area (Å²) in [5, 5.41) is 4.96. The van der Waals surface area contributed by atoms with Crippen molar-refractivity contribution >= 4 is 34.6 Å². The molecule has 0 bridgehead atoms. The number of carbonyl (C=O) groups excluding carboxylic acids is 3. The highest BCUT2D eigenvalue weighted by Crippen LogP contribution is 2.24. The molecule has 34 heavy (non-hydrogen) atoms. The summed E-state index contributed by atoms with van der Waals surface area (Å²) >= 11 is 1.71. The van der Waals surface area contributed by atoms with Gasteiger partial charge >= 0.3 is 0 Å². The summed E-state index contributed by atoms with van der Waals surface area (Å²) in [5.41, 5.74) is 3.07. The van der Waals surface area contributed by atoms with Crippen LogP contribution in [0.4, 0.5) is 5.69 Å². The van der Waals surface area contributed by atoms with Gasteiger partial charge in [-0.05, 0) is 62.3 Å². The molecular formula is C28H30N2O3S. The van der Waals surface area contributed by atoms with Crippen LogP contribution in [0.1, 0.15) is 56.8 Å². The molecule has 5 nitrogen and oxygen atoms in total. The van der Waals surface area contributed by atoms with Crippen LogP contribution < -0.4 is 5.32 Å². The van der Waals surface area contributed by atoms with Gasteiger partial charge in [0.2, 0.25) is 5.91 Å². The number of likely N-dealkylation sites (tertiary alicyclic amines) is 1. The van der Waals surface area contributed by atoms with E-state index in [9.17, 15) is 14.4 Å². The van der Waals surface area contributed by atoms with Gasteiger partial charge in [-0.3, -0.25) is 14.4 Å². The van der Waals surface area contributed by atoms with Gasteiger partial charge in [0.05, 0.1) is 0 Å². The molecule has 1 fully saturated rings. The first-order valence-corrected chi connectivity index (χ1v) is 12.7. The van der Waals surface area contributed by atoms with Crippen molar-refractivity contribution in [1.29, 1.82) is 0 Å². The van der Waals surface area contributed by atoms with Crippen molar-refractivity contribution in [2.75, 3.05) is 18.4 Å². The number of benzene rings is 2. The monoisotopic (exact) mass is 474 g/mol. The van der Waals surface area contributed by atoms with Gasteiger partial charge in [-0.25, -0.2) is 0 Å². The highest BCUT2D eigenvalue weighted by Gasteiger charge is 2.28. The van der Waals surface area contributed by atoms with Crippen LogP contribution in [-0.4, -0.2) is 35.6 Å². The quantitative estimate of drug-likeness (QED) is 0.423. The van der Waals surface area contributed by atoms with Gasteiger partial charge in [0.15, 0.2) is 5.78 Å². The van der Waals surface area contributed by atoms with Crippen LogP contribution in [0.25, 0.3) is 0 Å². The smallest absolute Gasteiger partial charge is 0.253 e. The van der Waals surface area contributed by atoms with Crippen molar-refractivity contribution in [3.05, 3.63) is 87.6 Å². The summed E-state index contributed by atoms with van der Waals surface area (Å²) in [5.74, 6) is 0.00839. The van der Waals surface area contributed by atoms with Crippen molar-refractivity contribution in [3.8, 4) is 0 Å². The molecule has 0 atom stereocenters. The molecule has 176 valence electrons. The fourth-order valence-corrected chi connectivity index (χ4v) is 5.06. The Morgan fingerprint density at radius 1 is 0.971 bits per heavy atom. The van der Waals surface area contributed by atoms with Crippen molar-refractivity contribution in [2.24, 2.45) is 5.92 Å². The Hall–Kier alpha value is -3.25. The molecule has 1 aliphatic heterocycles. The lowest BCUT2D eigenvalue weighted by molar-refractivity contribution is -0.116. The molecule has 2 heterocycles. The van der Waals surface area contributed by atoms with Gasteiger partial charge < -0.3 is 10.2 Å². The van der Waals surface area contributed by atoms with Crippen LogP contribution in [0.3, 0.4) is 0 Å². The van der Waals surface area contributed by atoms with Gasteiger partial charge in [0.1, 0.15) is 0 Å². The first-order valence-electron chi connectivity index (χ1n) is 11.8. The number of piperidine rings is 1. The number of thiophene rings is 1. The summed E-state index contributed by atoms with van der Waals surface area (Å²) in [4.78, 5) is 41.3. The maximum absolute atomic E-state index is 13.1. The number of nitrogens with one attached hydrogen (secondary N) is 1. The Balaban J connectivity index is 1.28. The molecule has 1 saturated heterocycles. The largest absolute Gasteiger partial charge is 0.339 e. The van der Waals surface area contributed by atoms with E-state index in [2.05, 4.69) is 11.4 Å². The number of nitrogens with zero attached hydrogens (tertiary/aromatic N) is 1. The van der Waals surface area contributed by atoms with Gasteiger partial charge in [-0.15, -0.1) is 11.3 Å². The standard InChI is InChI=1S/C28H30N2O3S/c1-20-10-12-21(13-11-20)27(32)22-14-16-30(17-15-22)28(33)23-5-2-6-24(19-23)29-26(31)9-3-7-25-8-4-18-34-25/h2,4-6,8,10-13,18-19,22H,3,7,9,14-17H2,1H3,(H,29,31). The average Bonchev–Trinajstić information content (AvgIpc) is 3.37. The van der Waals surface area contributed by atoms with Crippen LogP contribution in [0.5, 0.6) is 0 Å². The van der Waals surface area contributed by atoms with Crippen molar-refractivity contribution in [2.45, 2.75) is 39.0 Å². The summed E-state index contributed by atoms with van der Waals surface area (Å²) in [6.45, 7) is 3.12. The van der Waals surface area contributed by atoms with E-state index in [1.54, 1.807) is 40.5 Å². The summed E-state index contributed by atoms with van der Waals surface area (Å²) in [6, 6.07) is 18.9. The lowest BCUT2D eigenvalue weighted by Gasteiger charge is -2.31. The highest BCUT2D eigenvalue weighted by atomic mass is 32.1. The first-order chi connectivity index (χ1) is 16.5. The molecule has 0 unspecified atom stereocenters. The van der Waals surface area contributed by atoms with E-state index in [1.807, 2.05) is 42.6 Å². The van der Waals surface area contributed by atoms with E-state index in [0.29, 0.717) is 43.6 Å². The lowest BCUT2D eigenvalue weighted by atomic mass is 9.88. The number of aryl methyl sites for hydroxylation is 2. The van der Waals surface area contributed by atoms with Gasteiger partial charge in [-0.1, -0.05) is 42.0 Å². The van der Waals surface area contributed by atoms with Crippen molar-refractivity contribution in [3.63, 3.8) is 0 Å². The van der Waals surface area contributed by atoms with Crippen molar-refractivity contribution < 1.29 is 14.4 Å². The van der Waals surface area contributed by atoms with Crippen LogP contribution in [-0.2, 0) is 11.2 Å². The van der Waals surface area contributed by atoms with E-state index in [1.165, 1.54) is 4.88 Å².